The van der Waals surface area contributed by atoms with E-state index in [1.54, 1.807) is 0 Å². The maximum absolute atomic E-state index is 11.6. The van der Waals surface area contributed by atoms with Gasteiger partial charge in [-0.05, 0) is 37.6 Å². The van der Waals surface area contributed by atoms with E-state index in [2.05, 4.69) is 57.3 Å². The van der Waals surface area contributed by atoms with Gasteiger partial charge < -0.3 is 10.1 Å². The van der Waals surface area contributed by atoms with Crippen molar-refractivity contribution in [1.29, 1.82) is 0 Å². The minimum Gasteiger partial charge on any atom is -0.456 e. The third-order valence-electron chi connectivity index (χ3n) is 4.32. The highest BCUT2D eigenvalue weighted by Crippen LogP contribution is 2.27. The average Bonchev–Trinajstić information content (AvgIpc) is 2.59. The van der Waals surface area contributed by atoms with Gasteiger partial charge in [-0.25, -0.2) is 0 Å². The van der Waals surface area contributed by atoms with Crippen molar-refractivity contribution in [3.8, 4) is 0 Å². The Morgan fingerprint density at radius 3 is 2.19 bits per heavy atom. The Kier molecular flexibility index (Phi) is 14.8. The lowest BCUT2D eigenvalue weighted by molar-refractivity contribution is -0.148. The molecule has 1 aromatic rings. The Morgan fingerprint density at radius 1 is 1.04 bits per heavy atom. The van der Waals surface area contributed by atoms with Crippen molar-refractivity contribution in [3.05, 3.63) is 29.8 Å². The molecule has 0 heterocycles. The molecule has 0 bridgehead atoms. The molecule has 1 aromatic carbocycles. The SMILES string of the molecule is CCCCCCCCNC(C)C(OC(C)=O)c1ccc(SC(C)C)cc1.Cl. The molecule has 0 aromatic heterocycles. The summed E-state index contributed by atoms with van der Waals surface area (Å²) < 4.78 is 5.62. The molecule has 156 valence electrons. The van der Waals surface area contributed by atoms with E-state index in [4.69, 9.17) is 4.74 Å². The first-order valence-corrected chi connectivity index (χ1v) is 11.0. The number of carbonyl (C=O) groups is 1. The minimum absolute atomic E-state index is 0. The van der Waals surface area contributed by atoms with E-state index in [0.29, 0.717) is 5.25 Å². The molecule has 1 N–H and O–H groups in total. The summed E-state index contributed by atoms with van der Waals surface area (Å²) in [5.41, 5.74) is 1.05. The fraction of sp³-hybridized carbons (Fsp3) is 0.682. The number of thioether (sulfide) groups is 1. The molecular weight excluding hydrogens is 378 g/mol. The molecule has 0 saturated carbocycles. The maximum atomic E-state index is 11.6. The van der Waals surface area contributed by atoms with Crippen LogP contribution in [-0.2, 0) is 9.53 Å². The van der Waals surface area contributed by atoms with Gasteiger partial charge in [-0.2, -0.15) is 0 Å². The zero-order valence-electron chi connectivity index (χ0n) is 17.6. The van der Waals surface area contributed by atoms with Crippen LogP contribution in [0.4, 0.5) is 0 Å². The standard InChI is InChI=1S/C22H37NO2S.ClH/c1-6-7-8-9-10-11-16-23-18(4)22(25-19(5)24)20-12-14-21(15-13-20)26-17(2)3;/h12-15,17-18,22-23H,6-11,16H2,1-5H3;1H. The molecule has 2 unspecified atom stereocenters. The van der Waals surface area contributed by atoms with E-state index in [9.17, 15) is 4.79 Å². The number of hydrogen-bond donors (Lipinski definition) is 1. The van der Waals surface area contributed by atoms with Crippen LogP contribution in [-0.4, -0.2) is 23.8 Å². The van der Waals surface area contributed by atoms with Crippen molar-refractivity contribution in [2.24, 2.45) is 0 Å². The van der Waals surface area contributed by atoms with Gasteiger partial charge in [-0.3, -0.25) is 4.79 Å². The van der Waals surface area contributed by atoms with Crippen LogP contribution < -0.4 is 5.32 Å². The highest BCUT2D eigenvalue weighted by Gasteiger charge is 2.22. The van der Waals surface area contributed by atoms with Gasteiger partial charge in [-0.15, -0.1) is 24.2 Å². The Balaban J connectivity index is 0.00000676. The number of unbranched alkanes of at least 4 members (excludes halogenated alkanes) is 5. The van der Waals surface area contributed by atoms with E-state index in [0.717, 1.165) is 12.1 Å². The second-order valence-electron chi connectivity index (χ2n) is 7.28. The molecule has 0 aliphatic carbocycles. The normalized spacial score (nSPS) is 13.1. The van der Waals surface area contributed by atoms with Crippen LogP contribution in [0.5, 0.6) is 0 Å². The van der Waals surface area contributed by atoms with Crippen LogP contribution in [0.15, 0.2) is 29.2 Å². The smallest absolute Gasteiger partial charge is 0.303 e. The summed E-state index contributed by atoms with van der Waals surface area (Å²) >= 11 is 1.84. The van der Waals surface area contributed by atoms with Crippen molar-refractivity contribution >= 4 is 30.1 Å². The predicted molar refractivity (Wildman–Crippen MR) is 120 cm³/mol. The first-order chi connectivity index (χ1) is 12.4. The number of esters is 1. The number of rotatable bonds is 13. The van der Waals surface area contributed by atoms with E-state index in [1.807, 2.05) is 11.8 Å². The molecule has 0 saturated heterocycles. The quantitative estimate of drug-likeness (QED) is 0.225. The molecule has 0 aliphatic heterocycles. The minimum atomic E-state index is -0.245. The van der Waals surface area contributed by atoms with Crippen molar-refractivity contribution in [2.75, 3.05) is 6.54 Å². The summed E-state index contributed by atoms with van der Waals surface area (Å²) in [6.45, 7) is 11.2. The van der Waals surface area contributed by atoms with Crippen LogP contribution >= 0.6 is 24.2 Å². The molecule has 0 radical (unpaired) electrons. The number of halogens is 1. The Morgan fingerprint density at radius 2 is 1.63 bits per heavy atom. The lowest BCUT2D eigenvalue weighted by Crippen LogP contribution is -2.35. The lowest BCUT2D eigenvalue weighted by Gasteiger charge is -2.25. The average molecular weight is 416 g/mol. The fourth-order valence-electron chi connectivity index (χ4n) is 2.99. The zero-order chi connectivity index (χ0) is 19.4. The van der Waals surface area contributed by atoms with Crippen LogP contribution in [0.2, 0.25) is 0 Å². The fourth-order valence-corrected chi connectivity index (χ4v) is 3.83. The summed E-state index contributed by atoms with van der Waals surface area (Å²) in [7, 11) is 0. The van der Waals surface area contributed by atoms with Crippen molar-refractivity contribution < 1.29 is 9.53 Å². The van der Waals surface area contributed by atoms with Crippen LogP contribution in [0.25, 0.3) is 0 Å². The number of ether oxygens (including phenoxy) is 1. The molecule has 0 aliphatic rings. The molecule has 5 heteroatoms. The largest absolute Gasteiger partial charge is 0.456 e. The Labute approximate surface area is 176 Å². The van der Waals surface area contributed by atoms with Crippen molar-refractivity contribution in [1.82, 2.24) is 5.32 Å². The van der Waals surface area contributed by atoms with Gasteiger partial charge in [0.2, 0.25) is 0 Å². The number of nitrogens with one attached hydrogen (secondary N) is 1. The topological polar surface area (TPSA) is 38.3 Å². The molecule has 0 fully saturated rings. The van der Waals surface area contributed by atoms with Crippen molar-refractivity contribution in [2.45, 2.75) is 95.4 Å². The van der Waals surface area contributed by atoms with Crippen LogP contribution in [0.3, 0.4) is 0 Å². The third-order valence-corrected chi connectivity index (χ3v) is 5.34. The van der Waals surface area contributed by atoms with E-state index in [-0.39, 0.29) is 30.5 Å². The molecule has 0 amide bonds. The van der Waals surface area contributed by atoms with Crippen molar-refractivity contribution in [3.63, 3.8) is 0 Å². The number of hydrogen-bond acceptors (Lipinski definition) is 4. The molecule has 0 spiro atoms. The zero-order valence-corrected chi connectivity index (χ0v) is 19.3. The van der Waals surface area contributed by atoms with Gasteiger partial charge in [-0.1, -0.05) is 65.0 Å². The summed E-state index contributed by atoms with van der Waals surface area (Å²) in [6, 6.07) is 8.51. The highest BCUT2D eigenvalue weighted by molar-refractivity contribution is 7.99. The summed E-state index contributed by atoms with van der Waals surface area (Å²) in [5, 5.41) is 4.10. The molecule has 3 nitrogen and oxygen atoms in total. The van der Waals surface area contributed by atoms with Gasteiger partial charge in [0.25, 0.3) is 0 Å². The van der Waals surface area contributed by atoms with Crippen LogP contribution in [0, 0.1) is 0 Å². The first kappa shape index (κ1) is 26.3. The maximum Gasteiger partial charge on any atom is 0.303 e. The summed E-state index contributed by atoms with van der Waals surface area (Å²) in [5.74, 6) is -0.233. The molecule has 2 atom stereocenters. The Hall–Kier alpha value is -0.710. The predicted octanol–water partition coefficient (Wildman–Crippen LogP) is 6.55. The number of carbonyl (C=O) groups excluding carboxylic acids is 1. The van der Waals surface area contributed by atoms with Gasteiger partial charge in [0.1, 0.15) is 6.10 Å². The van der Waals surface area contributed by atoms with E-state index < -0.39 is 0 Å². The molecule has 27 heavy (non-hydrogen) atoms. The van der Waals surface area contributed by atoms with E-state index >= 15 is 0 Å². The lowest BCUT2D eigenvalue weighted by atomic mass is 10.0. The number of benzene rings is 1. The second kappa shape index (κ2) is 15.2. The third kappa shape index (κ3) is 11.7. The van der Waals surface area contributed by atoms with Gasteiger partial charge in [0.15, 0.2) is 0 Å². The second-order valence-corrected chi connectivity index (χ2v) is 8.93. The summed E-state index contributed by atoms with van der Waals surface area (Å²) in [4.78, 5) is 12.8. The van der Waals surface area contributed by atoms with Gasteiger partial charge in [0, 0.05) is 23.1 Å². The monoisotopic (exact) mass is 415 g/mol. The van der Waals surface area contributed by atoms with Gasteiger partial charge >= 0.3 is 5.97 Å². The summed E-state index contributed by atoms with van der Waals surface area (Å²) in [6.07, 6.45) is 7.46. The molecule has 1 rings (SSSR count). The first-order valence-electron chi connectivity index (χ1n) is 10.1. The highest BCUT2D eigenvalue weighted by atomic mass is 35.5. The Bertz CT molecular complexity index is 508. The van der Waals surface area contributed by atoms with Gasteiger partial charge in [0.05, 0.1) is 0 Å². The van der Waals surface area contributed by atoms with Crippen LogP contribution in [0.1, 0.15) is 84.8 Å². The van der Waals surface area contributed by atoms with E-state index in [1.165, 1.54) is 50.3 Å². The molecular formula is C22H38ClNO2S.